The van der Waals surface area contributed by atoms with E-state index in [2.05, 4.69) is 15.4 Å². The molecule has 1 atom stereocenters. The number of pyridine rings is 1. The molecule has 12 heteroatoms. The molecule has 3 aromatic rings. The maximum absolute atomic E-state index is 13.1. The minimum Gasteiger partial charge on any atom is -0.439 e. The standard InChI is InChI=1S/C20H16F6N4O2/c1-11(28-18(31)15-10-30(2)29-17(15)20(24,25)26)12-3-6-14(7-4-12)32-16-8-5-13(9-27-16)19(21,22)23/h3-11H,1-2H3,(H,28,31). The number of ether oxygens (including phenoxy) is 1. The van der Waals surface area contributed by atoms with E-state index in [9.17, 15) is 31.1 Å². The van der Waals surface area contributed by atoms with Crippen molar-refractivity contribution in [1.29, 1.82) is 0 Å². The smallest absolute Gasteiger partial charge is 0.435 e. The van der Waals surface area contributed by atoms with E-state index in [0.29, 0.717) is 11.8 Å². The lowest BCUT2D eigenvalue weighted by Gasteiger charge is -2.15. The van der Waals surface area contributed by atoms with Crippen molar-refractivity contribution < 1.29 is 35.9 Å². The van der Waals surface area contributed by atoms with Crippen LogP contribution in [0.2, 0.25) is 0 Å². The van der Waals surface area contributed by atoms with Gasteiger partial charge in [-0.25, -0.2) is 4.98 Å². The van der Waals surface area contributed by atoms with Crippen molar-refractivity contribution in [2.75, 3.05) is 0 Å². The van der Waals surface area contributed by atoms with Gasteiger partial charge in [0.15, 0.2) is 5.69 Å². The number of aryl methyl sites for hydroxylation is 1. The van der Waals surface area contributed by atoms with Gasteiger partial charge >= 0.3 is 12.4 Å². The molecule has 0 aliphatic rings. The molecule has 1 unspecified atom stereocenters. The van der Waals surface area contributed by atoms with Crippen LogP contribution >= 0.6 is 0 Å². The largest absolute Gasteiger partial charge is 0.439 e. The first-order chi connectivity index (χ1) is 14.8. The van der Waals surface area contributed by atoms with Gasteiger partial charge in [-0.15, -0.1) is 0 Å². The molecule has 1 N–H and O–H groups in total. The average Bonchev–Trinajstić information content (AvgIpc) is 3.11. The molecule has 0 fully saturated rings. The number of alkyl halides is 6. The van der Waals surface area contributed by atoms with Gasteiger partial charge in [0.05, 0.1) is 17.2 Å². The average molecular weight is 458 g/mol. The summed E-state index contributed by atoms with van der Waals surface area (Å²) in [6, 6.07) is 7.34. The van der Waals surface area contributed by atoms with Crippen LogP contribution < -0.4 is 10.1 Å². The van der Waals surface area contributed by atoms with Crippen LogP contribution in [0.25, 0.3) is 0 Å². The lowest BCUT2D eigenvalue weighted by Crippen LogP contribution is -2.28. The molecule has 0 spiro atoms. The van der Waals surface area contributed by atoms with Crippen molar-refractivity contribution >= 4 is 5.91 Å². The Bertz CT molecular complexity index is 1090. The predicted octanol–water partition coefficient (Wildman–Crippen LogP) is 5.14. The van der Waals surface area contributed by atoms with Crippen molar-refractivity contribution in [2.45, 2.75) is 25.3 Å². The van der Waals surface area contributed by atoms with Gasteiger partial charge in [-0.2, -0.15) is 31.4 Å². The van der Waals surface area contributed by atoms with E-state index in [0.717, 1.165) is 23.0 Å². The summed E-state index contributed by atoms with van der Waals surface area (Å²) in [5.74, 6) is -0.721. The third-order valence-corrected chi connectivity index (χ3v) is 4.36. The van der Waals surface area contributed by atoms with Crippen molar-refractivity contribution in [2.24, 2.45) is 7.05 Å². The minimum atomic E-state index is -4.78. The summed E-state index contributed by atoms with van der Waals surface area (Å²) in [7, 11) is 1.28. The van der Waals surface area contributed by atoms with Crippen molar-refractivity contribution in [3.8, 4) is 11.6 Å². The Morgan fingerprint density at radius 2 is 1.69 bits per heavy atom. The third-order valence-electron chi connectivity index (χ3n) is 4.36. The fraction of sp³-hybridized carbons (Fsp3) is 0.250. The Balaban J connectivity index is 1.67. The first-order valence-electron chi connectivity index (χ1n) is 9.07. The summed E-state index contributed by atoms with van der Waals surface area (Å²) >= 11 is 0. The SMILES string of the molecule is CC(NC(=O)c1cn(C)nc1C(F)(F)F)c1ccc(Oc2ccc(C(F)(F)F)cn2)cc1. The number of aromatic nitrogens is 3. The van der Waals surface area contributed by atoms with E-state index < -0.39 is 41.1 Å². The first kappa shape index (κ1) is 23.1. The third kappa shape index (κ3) is 5.37. The molecule has 3 rings (SSSR count). The Morgan fingerprint density at radius 3 is 2.22 bits per heavy atom. The summed E-state index contributed by atoms with van der Waals surface area (Å²) < 4.78 is 83.2. The number of halogens is 6. The van der Waals surface area contributed by atoms with Crippen LogP contribution in [-0.4, -0.2) is 20.7 Å². The summed E-state index contributed by atoms with van der Waals surface area (Å²) in [6.07, 6.45) is -7.65. The molecule has 0 radical (unpaired) electrons. The Morgan fingerprint density at radius 1 is 1.03 bits per heavy atom. The summed E-state index contributed by atoms with van der Waals surface area (Å²) in [5, 5.41) is 5.78. The van der Waals surface area contributed by atoms with Gasteiger partial charge in [-0.3, -0.25) is 9.48 Å². The van der Waals surface area contributed by atoms with Gasteiger partial charge < -0.3 is 10.1 Å². The van der Waals surface area contributed by atoms with Crippen molar-refractivity contribution in [3.63, 3.8) is 0 Å². The highest BCUT2D eigenvalue weighted by Crippen LogP contribution is 2.32. The van der Waals surface area contributed by atoms with Gasteiger partial charge in [-0.1, -0.05) is 12.1 Å². The number of benzene rings is 1. The highest BCUT2D eigenvalue weighted by atomic mass is 19.4. The molecule has 2 aromatic heterocycles. The van der Waals surface area contributed by atoms with Crippen LogP contribution in [0.4, 0.5) is 26.3 Å². The number of carbonyl (C=O) groups is 1. The summed E-state index contributed by atoms with van der Waals surface area (Å²) in [5.41, 5.74) is -2.23. The zero-order valence-electron chi connectivity index (χ0n) is 16.6. The molecule has 1 amide bonds. The molecule has 0 bridgehead atoms. The topological polar surface area (TPSA) is 69.0 Å². The van der Waals surface area contributed by atoms with Gasteiger partial charge in [0.2, 0.25) is 5.88 Å². The molecule has 6 nitrogen and oxygen atoms in total. The van der Waals surface area contributed by atoms with E-state index in [4.69, 9.17) is 4.74 Å². The molecule has 32 heavy (non-hydrogen) atoms. The van der Waals surface area contributed by atoms with Crippen molar-refractivity contribution in [1.82, 2.24) is 20.1 Å². The number of nitrogens with one attached hydrogen (secondary N) is 1. The van der Waals surface area contributed by atoms with Crippen molar-refractivity contribution in [3.05, 3.63) is 71.2 Å². The zero-order valence-corrected chi connectivity index (χ0v) is 16.6. The Hall–Kier alpha value is -3.57. The van der Waals surface area contributed by atoms with Gasteiger partial charge in [-0.05, 0) is 30.7 Å². The lowest BCUT2D eigenvalue weighted by molar-refractivity contribution is -0.141. The van der Waals surface area contributed by atoms with E-state index in [1.807, 2.05) is 0 Å². The number of rotatable bonds is 5. The fourth-order valence-electron chi connectivity index (χ4n) is 2.78. The zero-order chi connectivity index (χ0) is 23.7. The summed E-state index contributed by atoms with van der Waals surface area (Å²) in [6.45, 7) is 1.58. The molecule has 0 saturated carbocycles. The second-order valence-corrected chi connectivity index (χ2v) is 6.81. The van der Waals surface area contributed by atoms with E-state index >= 15 is 0 Å². The van der Waals surface area contributed by atoms with Gasteiger partial charge in [0.25, 0.3) is 5.91 Å². The van der Waals surface area contributed by atoms with Gasteiger partial charge in [0, 0.05) is 25.5 Å². The van der Waals surface area contributed by atoms with E-state index in [-0.39, 0.29) is 11.6 Å². The number of amides is 1. The van der Waals surface area contributed by atoms with Crippen LogP contribution in [0.5, 0.6) is 11.6 Å². The fourth-order valence-corrected chi connectivity index (χ4v) is 2.78. The van der Waals surface area contributed by atoms with Crippen LogP contribution in [0.15, 0.2) is 48.8 Å². The van der Waals surface area contributed by atoms with Crippen LogP contribution in [0, 0.1) is 0 Å². The summed E-state index contributed by atoms with van der Waals surface area (Å²) in [4.78, 5) is 15.9. The molecular formula is C20H16F6N4O2. The molecule has 0 saturated heterocycles. The molecule has 0 aliphatic carbocycles. The maximum atomic E-state index is 13.1. The number of hydrogen-bond acceptors (Lipinski definition) is 4. The highest BCUT2D eigenvalue weighted by molar-refractivity contribution is 5.95. The highest BCUT2D eigenvalue weighted by Gasteiger charge is 2.39. The van der Waals surface area contributed by atoms with E-state index in [1.54, 1.807) is 19.1 Å². The maximum Gasteiger partial charge on any atom is 0.435 e. The first-order valence-corrected chi connectivity index (χ1v) is 9.07. The monoisotopic (exact) mass is 458 g/mol. The second-order valence-electron chi connectivity index (χ2n) is 6.81. The molecule has 2 heterocycles. The number of hydrogen-bond donors (Lipinski definition) is 1. The molecular weight excluding hydrogens is 442 g/mol. The van der Waals surface area contributed by atoms with E-state index in [1.165, 1.54) is 19.2 Å². The minimum absolute atomic E-state index is 0.0524. The number of nitrogens with zero attached hydrogens (tertiary/aromatic N) is 3. The molecule has 170 valence electrons. The van der Waals surface area contributed by atoms with Gasteiger partial charge in [0.1, 0.15) is 5.75 Å². The Kier molecular flexibility index (Phi) is 6.15. The molecule has 1 aromatic carbocycles. The lowest BCUT2D eigenvalue weighted by atomic mass is 10.1. The van der Waals surface area contributed by atoms with Crippen LogP contribution in [0.3, 0.4) is 0 Å². The predicted molar refractivity (Wildman–Crippen MR) is 99.8 cm³/mol. The normalized spacial score (nSPS) is 13.0. The number of carbonyl (C=O) groups excluding carboxylic acids is 1. The molecule has 0 aliphatic heterocycles. The van der Waals surface area contributed by atoms with Crippen LogP contribution in [0.1, 0.15) is 40.1 Å². The second kappa shape index (κ2) is 8.52. The quantitative estimate of drug-likeness (QED) is 0.538. The van der Waals surface area contributed by atoms with Crippen LogP contribution in [-0.2, 0) is 19.4 Å². The Labute approximate surface area is 177 Å².